The Labute approximate surface area is 269 Å². The van der Waals surface area contributed by atoms with E-state index >= 15 is 0 Å². The van der Waals surface area contributed by atoms with E-state index in [1.807, 2.05) is 0 Å². The van der Waals surface area contributed by atoms with Crippen LogP contribution in [0.2, 0.25) is 0 Å². The topological polar surface area (TPSA) is 141 Å². The van der Waals surface area contributed by atoms with Crippen LogP contribution in [-0.2, 0) is 33.2 Å². The highest BCUT2D eigenvalue weighted by Gasteiger charge is 2.63. The summed E-state index contributed by atoms with van der Waals surface area (Å²) in [5, 5.41) is 0. The van der Waals surface area contributed by atoms with Gasteiger partial charge in [0.15, 0.2) is 12.7 Å². The Morgan fingerprint density at radius 3 is 1.43 bits per heavy atom. The Hall–Kier alpha value is -5.81. The van der Waals surface area contributed by atoms with Crippen molar-refractivity contribution >= 4 is 29.8 Å². The summed E-state index contributed by atoms with van der Waals surface area (Å²) in [4.78, 5) is 65.2. The van der Waals surface area contributed by atoms with E-state index in [0.717, 1.165) is 6.92 Å². The Bertz CT molecular complexity index is 1690. The monoisotopic (exact) mass is 638 g/mol. The van der Waals surface area contributed by atoms with Crippen LogP contribution in [0, 0.1) is 0 Å². The van der Waals surface area contributed by atoms with Crippen LogP contribution in [0.15, 0.2) is 121 Å². The highest BCUT2D eigenvalue weighted by molar-refractivity contribution is 5.91. The van der Waals surface area contributed by atoms with E-state index < -0.39 is 67.2 Å². The van der Waals surface area contributed by atoms with E-state index in [1.54, 1.807) is 84.9 Å². The van der Waals surface area contributed by atoms with Crippen molar-refractivity contribution in [2.24, 2.45) is 0 Å². The molecule has 0 radical (unpaired) electrons. The standard InChI is InChI=1S/C36H30O11/c1-24(37)46-36(23-43-33(39)26-16-8-3-9-17-26)31(45-35(41)28-20-12-5-13-21-28)30(44-34(40)27-18-10-4-11-19-27)29(47-36)22-42-32(38)25-14-6-2-7-15-25/h2-21,29-31H,22-23H2,1H3/t29-,30-,31+,36+/m1/s1. The summed E-state index contributed by atoms with van der Waals surface area (Å²) >= 11 is 0. The Kier molecular flexibility index (Phi) is 10.4. The molecule has 5 rings (SSSR count). The van der Waals surface area contributed by atoms with Crippen LogP contribution in [0.5, 0.6) is 0 Å². The molecular formula is C36H30O11. The van der Waals surface area contributed by atoms with Gasteiger partial charge in [-0.05, 0) is 48.5 Å². The van der Waals surface area contributed by atoms with Gasteiger partial charge in [-0.15, -0.1) is 0 Å². The summed E-state index contributed by atoms with van der Waals surface area (Å²) in [6.07, 6.45) is -4.58. The fourth-order valence-electron chi connectivity index (χ4n) is 4.89. The molecule has 0 N–H and O–H groups in total. The quantitative estimate of drug-likeness (QED) is 0.165. The predicted octanol–water partition coefficient (Wildman–Crippen LogP) is 4.81. The van der Waals surface area contributed by atoms with Gasteiger partial charge in [-0.1, -0.05) is 72.8 Å². The average molecular weight is 639 g/mol. The molecule has 1 aliphatic heterocycles. The van der Waals surface area contributed by atoms with Crippen molar-refractivity contribution in [3.05, 3.63) is 144 Å². The predicted molar refractivity (Wildman–Crippen MR) is 164 cm³/mol. The second-order valence-corrected chi connectivity index (χ2v) is 10.4. The van der Waals surface area contributed by atoms with Crippen molar-refractivity contribution in [2.45, 2.75) is 31.0 Å². The van der Waals surface area contributed by atoms with Gasteiger partial charge in [0.05, 0.1) is 22.3 Å². The van der Waals surface area contributed by atoms with E-state index in [1.165, 1.54) is 36.4 Å². The maximum Gasteiger partial charge on any atom is 0.338 e. The summed E-state index contributed by atoms with van der Waals surface area (Å²) in [6.45, 7) is -0.237. The summed E-state index contributed by atoms with van der Waals surface area (Å²) in [6, 6.07) is 32.0. The van der Waals surface area contributed by atoms with Crippen molar-refractivity contribution in [3.8, 4) is 0 Å². The fraction of sp³-hybridized carbons (Fsp3) is 0.194. The van der Waals surface area contributed by atoms with Crippen LogP contribution in [0.1, 0.15) is 48.4 Å². The van der Waals surface area contributed by atoms with E-state index in [4.69, 9.17) is 28.4 Å². The van der Waals surface area contributed by atoms with E-state index in [-0.39, 0.29) is 22.3 Å². The zero-order valence-electron chi connectivity index (χ0n) is 25.2. The molecule has 11 nitrogen and oxygen atoms in total. The summed E-state index contributed by atoms with van der Waals surface area (Å²) < 4.78 is 34.6. The normalized spacial score (nSPS) is 20.0. The summed E-state index contributed by atoms with van der Waals surface area (Å²) in [5.41, 5.74) is 0.693. The van der Waals surface area contributed by atoms with Gasteiger partial charge in [-0.25, -0.2) is 19.2 Å². The molecule has 4 atom stereocenters. The van der Waals surface area contributed by atoms with Crippen LogP contribution in [0.3, 0.4) is 0 Å². The summed E-state index contributed by atoms with van der Waals surface area (Å²) in [5.74, 6) is -6.46. The van der Waals surface area contributed by atoms with Crippen molar-refractivity contribution in [3.63, 3.8) is 0 Å². The van der Waals surface area contributed by atoms with Crippen molar-refractivity contribution in [1.29, 1.82) is 0 Å². The summed E-state index contributed by atoms with van der Waals surface area (Å²) in [7, 11) is 0. The fourth-order valence-corrected chi connectivity index (χ4v) is 4.89. The van der Waals surface area contributed by atoms with Gasteiger partial charge >= 0.3 is 29.8 Å². The highest BCUT2D eigenvalue weighted by Crippen LogP contribution is 2.39. The van der Waals surface area contributed by atoms with Crippen LogP contribution < -0.4 is 0 Å². The number of carbonyl (C=O) groups is 5. The molecule has 1 aliphatic rings. The van der Waals surface area contributed by atoms with Gasteiger partial charge in [-0.2, -0.15) is 0 Å². The van der Waals surface area contributed by atoms with Gasteiger partial charge in [0.25, 0.3) is 5.79 Å². The molecule has 4 aromatic carbocycles. The number of carbonyl (C=O) groups excluding carboxylic acids is 5. The van der Waals surface area contributed by atoms with E-state index in [2.05, 4.69) is 0 Å². The number of benzene rings is 4. The Morgan fingerprint density at radius 1 is 0.574 bits per heavy atom. The second-order valence-electron chi connectivity index (χ2n) is 10.4. The molecule has 4 aromatic rings. The molecule has 0 aromatic heterocycles. The highest BCUT2D eigenvalue weighted by atomic mass is 16.8. The Balaban J connectivity index is 1.52. The third-order valence-electron chi connectivity index (χ3n) is 7.06. The lowest BCUT2D eigenvalue weighted by Gasteiger charge is -2.33. The third-order valence-corrected chi connectivity index (χ3v) is 7.06. The van der Waals surface area contributed by atoms with Crippen LogP contribution in [0.4, 0.5) is 0 Å². The zero-order chi connectivity index (χ0) is 33.2. The van der Waals surface area contributed by atoms with Gasteiger partial charge in [0.1, 0.15) is 12.7 Å². The smallest absolute Gasteiger partial charge is 0.338 e. The van der Waals surface area contributed by atoms with E-state index in [0.29, 0.717) is 0 Å². The number of esters is 5. The molecule has 0 saturated carbocycles. The van der Waals surface area contributed by atoms with Crippen LogP contribution in [0.25, 0.3) is 0 Å². The largest absolute Gasteiger partial charge is 0.459 e. The first-order chi connectivity index (χ1) is 22.8. The van der Waals surface area contributed by atoms with Gasteiger partial charge in [0, 0.05) is 6.92 Å². The molecule has 240 valence electrons. The molecule has 47 heavy (non-hydrogen) atoms. The van der Waals surface area contributed by atoms with Crippen molar-refractivity contribution in [2.75, 3.05) is 13.2 Å². The number of rotatable bonds is 11. The molecule has 0 unspecified atom stereocenters. The van der Waals surface area contributed by atoms with Crippen molar-refractivity contribution in [1.82, 2.24) is 0 Å². The SMILES string of the molecule is CC(=O)O[C@@]1(COC(=O)c2ccccc2)O[C@H](COC(=O)c2ccccc2)[C@@H](OC(=O)c2ccccc2)[C@@H]1OC(=O)c1ccccc1. The first-order valence-corrected chi connectivity index (χ1v) is 14.6. The third kappa shape index (κ3) is 8.08. The molecule has 0 aliphatic carbocycles. The zero-order valence-corrected chi connectivity index (χ0v) is 25.2. The molecule has 1 saturated heterocycles. The van der Waals surface area contributed by atoms with Crippen LogP contribution >= 0.6 is 0 Å². The maximum absolute atomic E-state index is 13.4. The Morgan fingerprint density at radius 2 is 0.979 bits per heavy atom. The minimum absolute atomic E-state index is 0.123. The van der Waals surface area contributed by atoms with Crippen LogP contribution in [-0.4, -0.2) is 67.2 Å². The first-order valence-electron chi connectivity index (χ1n) is 14.6. The lowest BCUT2D eigenvalue weighted by Crippen LogP contribution is -2.53. The molecule has 11 heteroatoms. The number of hydrogen-bond donors (Lipinski definition) is 0. The lowest BCUT2D eigenvalue weighted by molar-refractivity contribution is -0.262. The van der Waals surface area contributed by atoms with Crippen molar-refractivity contribution < 1.29 is 52.4 Å². The molecule has 0 amide bonds. The minimum atomic E-state index is -2.33. The van der Waals surface area contributed by atoms with Gasteiger partial charge in [0.2, 0.25) is 6.10 Å². The second kappa shape index (κ2) is 15.0. The first kappa shape index (κ1) is 32.6. The molecule has 0 spiro atoms. The maximum atomic E-state index is 13.4. The lowest BCUT2D eigenvalue weighted by atomic mass is 10.0. The molecule has 0 bridgehead atoms. The average Bonchev–Trinajstić information content (AvgIpc) is 3.37. The number of ether oxygens (including phenoxy) is 6. The number of hydrogen-bond acceptors (Lipinski definition) is 11. The van der Waals surface area contributed by atoms with E-state index in [9.17, 15) is 24.0 Å². The molecule has 1 fully saturated rings. The minimum Gasteiger partial charge on any atom is -0.459 e. The van der Waals surface area contributed by atoms with Gasteiger partial charge < -0.3 is 28.4 Å². The van der Waals surface area contributed by atoms with Gasteiger partial charge in [-0.3, -0.25) is 4.79 Å². The molecule has 1 heterocycles. The molecular weight excluding hydrogens is 608 g/mol.